The van der Waals surface area contributed by atoms with Crippen molar-refractivity contribution in [3.05, 3.63) is 18.1 Å². The second kappa shape index (κ2) is 5.48. The summed E-state index contributed by atoms with van der Waals surface area (Å²) >= 11 is 5.77. The molecule has 1 aliphatic rings. The van der Waals surface area contributed by atoms with Gasteiger partial charge in [0.15, 0.2) is 0 Å². The van der Waals surface area contributed by atoms with Gasteiger partial charge in [0.05, 0.1) is 17.8 Å². The third-order valence-electron chi connectivity index (χ3n) is 3.23. The Morgan fingerprint density at radius 2 is 2.38 bits per heavy atom. The number of aromatic nitrogens is 2. The Bertz CT molecular complexity index is 343. The maximum absolute atomic E-state index is 5.77. The van der Waals surface area contributed by atoms with Crippen molar-refractivity contribution >= 4 is 17.4 Å². The molecule has 2 rings (SSSR count). The highest BCUT2D eigenvalue weighted by Gasteiger charge is 2.19. The summed E-state index contributed by atoms with van der Waals surface area (Å²) in [5, 5.41) is 0. The maximum atomic E-state index is 5.77. The minimum atomic E-state index is 0.436. The van der Waals surface area contributed by atoms with E-state index in [2.05, 4.69) is 21.8 Å². The van der Waals surface area contributed by atoms with Gasteiger partial charge in [0.1, 0.15) is 5.82 Å². The van der Waals surface area contributed by atoms with E-state index in [0.717, 1.165) is 30.5 Å². The standard InChI is InChI=1S/C12H18ClN3/c1-2-10-4-3-5-16(9-10)12-8-14-7-11(6-13)15-12/h7-8,10H,2-6,9H2,1H3. The summed E-state index contributed by atoms with van der Waals surface area (Å²) in [5.41, 5.74) is 0.859. The van der Waals surface area contributed by atoms with Gasteiger partial charge in [-0.15, -0.1) is 11.6 Å². The van der Waals surface area contributed by atoms with E-state index >= 15 is 0 Å². The van der Waals surface area contributed by atoms with Crippen molar-refractivity contribution in [2.45, 2.75) is 32.1 Å². The van der Waals surface area contributed by atoms with E-state index in [-0.39, 0.29) is 0 Å². The predicted molar refractivity (Wildman–Crippen MR) is 66.8 cm³/mol. The van der Waals surface area contributed by atoms with Gasteiger partial charge in [-0.1, -0.05) is 13.3 Å². The fourth-order valence-electron chi connectivity index (χ4n) is 2.22. The fourth-order valence-corrected chi connectivity index (χ4v) is 2.35. The van der Waals surface area contributed by atoms with Gasteiger partial charge < -0.3 is 4.90 Å². The average Bonchev–Trinajstić information content (AvgIpc) is 2.39. The lowest BCUT2D eigenvalue weighted by atomic mass is 9.96. The van der Waals surface area contributed by atoms with Gasteiger partial charge in [-0.05, 0) is 18.8 Å². The van der Waals surface area contributed by atoms with E-state index in [1.807, 2.05) is 6.20 Å². The molecule has 0 bridgehead atoms. The molecule has 16 heavy (non-hydrogen) atoms. The lowest BCUT2D eigenvalue weighted by molar-refractivity contribution is 0.402. The number of nitrogens with zero attached hydrogens (tertiary/aromatic N) is 3. The molecule has 4 heteroatoms. The van der Waals surface area contributed by atoms with Crippen LogP contribution in [0.3, 0.4) is 0 Å². The Kier molecular flexibility index (Phi) is 3.99. The molecule has 0 saturated carbocycles. The molecule has 1 saturated heterocycles. The smallest absolute Gasteiger partial charge is 0.147 e. The summed E-state index contributed by atoms with van der Waals surface area (Å²) in [5.74, 6) is 2.22. The molecule has 0 radical (unpaired) electrons. The molecule has 88 valence electrons. The molecule has 0 aromatic carbocycles. The molecule has 1 unspecified atom stereocenters. The Hall–Kier alpha value is -0.830. The third-order valence-corrected chi connectivity index (χ3v) is 3.50. The third kappa shape index (κ3) is 2.64. The first-order valence-corrected chi connectivity index (χ1v) is 6.48. The van der Waals surface area contributed by atoms with E-state index in [0.29, 0.717) is 5.88 Å². The molecular weight excluding hydrogens is 222 g/mol. The van der Waals surface area contributed by atoms with Gasteiger partial charge in [0, 0.05) is 19.3 Å². The molecule has 0 aliphatic carbocycles. The van der Waals surface area contributed by atoms with E-state index < -0.39 is 0 Å². The Morgan fingerprint density at radius 3 is 3.12 bits per heavy atom. The molecule has 0 amide bonds. The number of hydrogen-bond acceptors (Lipinski definition) is 3. The number of anilines is 1. The first-order chi connectivity index (χ1) is 7.83. The SMILES string of the molecule is CCC1CCCN(c2cncc(CCl)n2)C1. The quantitative estimate of drug-likeness (QED) is 0.760. The molecular formula is C12H18ClN3. The van der Waals surface area contributed by atoms with Gasteiger partial charge in [-0.25, -0.2) is 4.98 Å². The molecule has 0 spiro atoms. The van der Waals surface area contributed by atoms with Crippen LogP contribution in [0, 0.1) is 5.92 Å². The summed E-state index contributed by atoms with van der Waals surface area (Å²) < 4.78 is 0. The highest BCUT2D eigenvalue weighted by Crippen LogP contribution is 2.23. The average molecular weight is 240 g/mol. The number of hydrogen-bond donors (Lipinski definition) is 0. The molecule has 1 fully saturated rings. The lowest BCUT2D eigenvalue weighted by Gasteiger charge is -2.33. The zero-order chi connectivity index (χ0) is 11.4. The van der Waals surface area contributed by atoms with Crippen LogP contribution in [0.5, 0.6) is 0 Å². The van der Waals surface area contributed by atoms with Crippen LogP contribution < -0.4 is 4.90 Å². The Morgan fingerprint density at radius 1 is 1.50 bits per heavy atom. The summed E-state index contributed by atoms with van der Waals surface area (Å²) in [7, 11) is 0. The maximum Gasteiger partial charge on any atom is 0.147 e. The monoisotopic (exact) mass is 239 g/mol. The van der Waals surface area contributed by atoms with Crippen molar-refractivity contribution in [1.29, 1.82) is 0 Å². The van der Waals surface area contributed by atoms with E-state index in [1.54, 1.807) is 6.20 Å². The first kappa shape index (κ1) is 11.6. The van der Waals surface area contributed by atoms with Crippen LogP contribution in [0.4, 0.5) is 5.82 Å². The zero-order valence-corrected chi connectivity index (χ0v) is 10.5. The van der Waals surface area contributed by atoms with Gasteiger partial charge >= 0.3 is 0 Å². The van der Waals surface area contributed by atoms with Crippen molar-refractivity contribution in [3.63, 3.8) is 0 Å². The molecule has 0 N–H and O–H groups in total. The number of halogens is 1. The lowest BCUT2D eigenvalue weighted by Crippen LogP contribution is -2.35. The van der Waals surface area contributed by atoms with Gasteiger partial charge in [-0.2, -0.15) is 0 Å². The largest absolute Gasteiger partial charge is 0.355 e. The second-order valence-corrected chi connectivity index (χ2v) is 4.63. The van der Waals surface area contributed by atoms with Crippen LogP contribution in [0.25, 0.3) is 0 Å². The first-order valence-electron chi connectivity index (χ1n) is 5.95. The predicted octanol–water partition coefficient (Wildman–Crippen LogP) is 2.84. The highest BCUT2D eigenvalue weighted by molar-refractivity contribution is 6.16. The summed E-state index contributed by atoms with van der Waals surface area (Å²) in [6, 6.07) is 0. The molecule has 1 aliphatic heterocycles. The van der Waals surface area contributed by atoms with Crippen LogP contribution in [-0.4, -0.2) is 23.1 Å². The molecule has 2 heterocycles. The summed E-state index contributed by atoms with van der Waals surface area (Å²) in [6.45, 7) is 4.46. The molecule has 1 aromatic heterocycles. The van der Waals surface area contributed by atoms with Gasteiger partial charge in [-0.3, -0.25) is 4.98 Å². The van der Waals surface area contributed by atoms with Crippen LogP contribution >= 0.6 is 11.6 Å². The minimum absolute atomic E-state index is 0.436. The second-order valence-electron chi connectivity index (χ2n) is 4.36. The normalized spacial score (nSPS) is 21.1. The topological polar surface area (TPSA) is 29.0 Å². The number of piperidine rings is 1. The van der Waals surface area contributed by atoms with Crippen molar-refractivity contribution in [1.82, 2.24) is 9.97 Å². The highest BCUT2D eigenvalue weighted by atomic mass is 35.5. The van der Waals surface area contributed by atoms with Crippen molar-refractivity contribution in [2.75, 3.05) is 18.0 Å². The Labute approximate surface area is 102 Å². The van der Waals surface area contributed by atoms with Crippen LogP contribution in [0.2, 0.25) is 0 Å². The Balaban J connectivity index is 2.10. The molecule has 1 aromatic rings. The van der Waals surface area contributed by atoms with Crippen LogP contribution in [-0.2, 0) is 5.88 Å². The number of rotatable bonds is 3. The summed E-state index contributed by atoms with van der Waals surface area (Å²) in [6.07, 6.45) is 7.42. The summed E-state index contributed by atoms with van der Waals surface area (Å²) in [4.78, 5) is 11.0. The fraction of sp³-hybridized carbons (Fsp3) is 0.667. The van der Waals surface area contributed by atoms with E-state index in [4.69, 9.17) is 11.6 Å². The zero-order valence-electron chi connectivity index (χ0n) is 9.69. The molecule has 3 nitrogen and oxygen atoms in total. The van der Waals surface area contributed by atoms with Crippen LogP contribution in [0.15, 0.2) is 12.4 Å². The molecule has 1 atom stereocenters. The van der Waals surface area contributed by atoms with Gasteiger partial charge in [0.25, 0.3) is 0 Å². The van der Waals surface area contributed by atoms with Crippen molar-refractivity contribution in [3.8, 4) is 0 Å². The van der Waals surface area contributed by atoms with Crippen molar-refractivity contribution in [2.24, 2.45) is 5.92 Å². The minimum Gasteiger partial charge on any atom is -0.355 e. The van der Waals surface area contributed by atoms with E-state index in [1.165, 1.54) is 19.3 Å². The van der Waals surface area contributed by atoms with E-state index in [9.17, 15) is 0 Å². The number of alkyl halides is 1. The van der Waals surface area contributed by atoms with Crippen molar-refractivity contribution < 1.29 is 0 Å². The van der Waals surface area contributed by atoms with Crippen LogP contribution in [0.1, 0.15) is 31.9 Å². The van der Waals surface area contributed by atoms with Gasteiger partial charge in [0.2, 0.25) is 0 Å².